The van der Waals surface area contributed by atoms with Crippen LogP contribution in [0.15, 0.2) is 4.34 Å². The Kier molecular flexibility index (Phi) is 5.36. The Morgan fingerprint density at radius 1 is 1.38 bits per heavy atom. The first kappa shape index (κ1) is 17.5. The molecule has 0 aliphatic heterocycles. The number of rotatable bonds is 7. The van der Waals surface area contributed by atoms with E-state index in [1.54, 1.807) is 6.92 Å². The van der Waals surface area contributed by atoms with Gasteiger partial charge in [-0.3, -0.25) is 9.59 Å². The van der Waals surface area contributed by atoms with Gasteiger partial charge in [0.1, 0.15) is 0 Å². The van der Waals surface area contributed by atoms with Gasteiger partial charge < -0.3 is 10.4 Å². The van der Waals surface area contributed by atoms with Crippen LogP contribution in [0.5, 0.6) is 0 Å². The number of sulfonamides is 1. The fraction of sp³-hybridized carbons (Fsp3) is 0.600. The van der Waals surface area contributed by atoms with Crippen LogP contribution in [0.2, 0.25) is 0 Å². The summed E-state index contributed by atoms with van der Waals surface area (Å²) in [6, 6.07) is 0. The molecule has 0 aliphatic rings. The van der Waals surface area contributed by atoms with E-state index >= 15 is 0 Å². The van der Waals surface area contributed by atoms with Crippen molar-refractivity contribution in [1.29, 1.82) is 0 Å². The molecule has 3 N–H and O–H groups in total. The van der Waals surface area contributed by atoms with Gasteiger partial charge in [-0.05, 0) is 13.3 Å². The molecule has 0 aromatic carbocycles. The number of aliphatic carboxylic acids is 1. The zero-order chi connectivity index (χ0) is 16.3. The van der Waals surface area contributed by atoms with E-state index in [1.165, 1.54) is 13.8 Å². The zero-order valence-electron chi connectivity index (χ0n) is 11.7. The molecule has 1 atom stereocenters. The molecule has 0 saturated heterocycles. The molecule has 0 spiro atoms. The molecular weight excluding hydrogens is 320 g/mol. The first-order valence-corrected chi connectivity index (χ1v) is 8.25. The summed E-state index contributed by atoms with van der Waals surface area (Å²) >= 11 is 0.683. The van der Waals surface area contributed by atoms with Gasteiger partial charge in [-0.2, -0.15) is 0 Å². The summed E-state index contributed by atoms with van der Waals surface area (Å²) in [6.45, 7) is 4.09. The number of carboxylic acids is 1. The lowest BCUT2D eigenvalue weighted by Gasteiger charge is -2.22. The van der Waals surface area contributed by atoms with Crippen LogP contribution in [0, 0.1) is 5.41 Å². The van der Waals surface area contributed by atoms with Gasteiger partial charge in [-0.15, -0.1) is 10.2 Å². The Morgan fingerprint density at radius 2 is 2.00 bits per heavy atom. The van der Waals surface area contributed by atoms with Crippen molar-refractivity contribution in [2.45, 2.75) is 31.5 Å². The number of carboxylic acid groups (broad SMARTS) is 1. The van der Waals surface area contributed by atoms with Crippen molar-refractivity contribution >= 4 is 38.4 Å². The number of amides is 1. The summed E-state index contributed by atoms with van der Waals surface area (Å²) in [5.74, 6) is -1.49. The topological polar surface area (TPSA) is 138 Å². The maximum absolute atomic E-state index is 12.0. The lowest BCUT2D eigenvalue weighted by Crippen LogP contribution is -2.40. The molecule has 0 radical (unpaired) electrons. The van der Waals surface area contributed by atoms with Crippen LogP contribution in [0.1, 0.15) is 27.2 Å². The third kappa shape index (κ3) is 4.44. The largest absolute Gasteiger partial charge is 0.481 e. The number of hydrogen-bond acceptors (Lipinski definition) is 7. The average molecular weight is 336 g/mol. The molecule has 1 aromatic rings. The lowest BCUT2D eigenvalue weighted by molar-refractivity contribution is -0.147. The predicted octanol–water partition coefficient (Wildman–Crippen LogP) is 0.276. The second-order valence-electron chi connectivity index (χ2n) is 4.60. The Bertz CT molecular complexity index is 642. The summed E-state index contributed by atoms with van der Waals surface area (Å²) in [6.07, 6.45) is 0.262. The highest BCUT2D eigenvalue weighted by atomic mass is 32.2. The fourth-order valence-corrected chi connectivity index (χ4v) is 3.34. The summed E-state index contributed by atoms with van der Waals surface area (Å²) in [5.41, 5.74) is -1.21. The highest BCUT2D eigenvalue weighted by Gasteiger charge is 2.33. The molecular formula is C10H16N4O5S2. The Labute approximate surface area is 125 Å². The van der Waals surface area contributed by atoms with Crippen molar-refractivity contribution in [2.24, 2.45) is 5.41 Å². The van der Waals surface area contributed by atoms with Crippen molar-refractivity contribution < 1.29 is 23.1 Å². The molecule has 0 aliphatic carbocycles. The third-order valence-electron chi connectivity index (χ3n) is 2.87. The first-order chi connectivity index (χ1) is 9.60. The molecule has 1 unspecified atom stereocenters. The van der Waals surface area contributed by atoms with Crippen molar-refractivity contribution in [1.82, 2.24) is 14.9 Å². The van der Waals surface area contributed by atoms with Gasteiger partial charge in [0.25, 0.3) is 10.0 Å². The minimum Gasteiger partial charge on any atom is -0.481 e. The molecule has 1 amide bonds. The maximum atomic E-state index is 12.0. The monoisotopic (exact) mass is 336 g/mol. The number of anilines is 1. The molecule has 118 valence electrons. The van der Waals surface area contributed by atoms with Gasteiger partial charge >= 0.3 is 5.97 Å². The quantitative estimate of drug-likeness (QED) is 0.608. The van der Waals surface area contributed by atoms with E-state index in [2.05, 4.69) is 20.2 Å². The molecule has 0 fully saturated rings. The van der Waals surface area contributed by atoms with Crippen LogP contribution in [0.3, 0.4) is 0 Å². The number of carbonyl (C=O) groups excluding carboxylic acids is 1. The number of carbonyl (C=O) groups is 2. The number of hydrogen-bond donors (Lipinski definition) is 3. The molecule has 1 aromatic heterocycles. The number of aromatic nitrogens is 2. The minimum absolute atomic E-state index is 0.0550. The van der Waals surface area contributed by atoms with E-state index < -0.39 is 27.3 Å². The summed E-state index contributed by atoms with van der Waals surface area (Å²) in [4.78, 5) is 22.0. The summed E-state index contributed by atoms with van der Waals surface area (Å²) < 4.78 is 25.9. The number of nitrogens with zero attached hydrogens (tertiary/aromatic N) is 2. The zero-order valence-corrected chi connectivity index (χ0v) is 13.3. The van der Waals surface area contributed by atoms with Crippen LogP contribution in [-0.2, 0) is 19.6 Å². The molecule has 1 heterocycles. The molecule has 1 rings (SSSR count). The highest BCUT2D eigenvalue weighted by molar-refractivity contribution is 7.91. The van der Waals surface area contributed by atoms with E-state index in [0.29, 0.717) is 11.3 Å². The van der Waals surface area contributed by atoms with E-state index in [4.69, 9.17) is 5.11 Å². The molecule has 11 heteroatoms. The molecule has 0 bridgehead atoms. The Balaban J connectivity index is 2.85. The average Bonchev–Trinajstić information content (AvgIpc) is 2.84. The molecule has 9 nitrogen and oxygen atoms in total. The second-order valence-corrected chi connectivity index (χ2v) is 7.52. The SMILES string of the molecule is CCC(C)(CNS(=O)(=O)c1nnc(NC(C)=O)s1)C(=O)O. The van der Waals surface area contributed by atoms with Crippen molar-refractivity contribution in [3.63, 3.8) is 0 Å². The van der Waals surface area contributed by atoms with Crippen LogP contribution in [0.25, 0.3) is 0 Å². The first-order valence-electron chi connectivity index (χ1n) is 5.95. The van der Waals surface area contributed by atoms with Gasteiger partial charge in [0, 0.05) is 13.5 Å². The van der Waals surface area contributed by atoms with E-state index in [0.717, 1.165) is 0 Å². The smallest absolute Gasteiger partial charge is 0.310 e. The van der Waals surface area contributed by atoms with E-state index in [-0.39, 0.29) is 22.4 Å². The van der Waals surface area contributed by atoms with Gasteiger partial charge in [0.15, 0.2) is 0 Å². The van der Waals surface area contributed by atoms with Crippen molar-refractivity contribution in [3.05, 3.63) is 0 Å². The maximum Gasteiger partial charge on any atom is 0.310 e. The normalized spacial score (nSPS) is 14.4. The lowest BCUT2D eigenvalue weighted by atomic mass is 9.88. The van der Waals surface area contributed by atoms with Crippen LogP contribution in [-0.4, -0.2) is 42.1 Å². The summed E-state index contributed by atoms with van der Waals surface area (Å²) in [5, 5.41) is 18.5. The van der Waals surface area contributed by atoms with Gasteiger partial charge in [0.05, 0.1) is 5.41 Å². The van der Waals surface area contributed by atoms with Gasteiger partial charge in [-0.25, -0.2) is 13.1 Å². The molecule has 0 saturated carbocycles. The fourth-order valence-electron chi connectivity index (χ4n) is 1.19. The predicted molar refractivity (Wildman–Crippen MR) is 75.4 cm³/mol. The van der Waals surface area contributed by atoms with Crippen molar-refractivity contribution in [3.8, 4) is 0 Å². The standard InChI is InChI=1S/C10H16N4O5S2/c1-4-10(3,7(16)17)5-11-21(18,19)9-14-13-8(20-9)12-6(2)15/h11H,4-5H2,1-3H3,(H,16,17)(H,12,13,15). The molecule has 21 heavy (non-hydrogen) atoms. The Morgan fingerprint density at radius 3 is 2.48 bits per heavy atom. The van der Waals surface area contributed by atoms with Gasteiger partial charge in [0.2, 0.25) is 15.4 Å². The van der Waals surface area contributed by atoms with Gasteiger partial charge in [-0.1, -0.05) is 18.3 Å². The second kappa shape index (κ2) is 6.45. The summed E-state index contributed by atoms with van der Waals surface area (Å²) in [7, 11) is -3.97. The Hall–Kier alpha value is -1.59. The van der Waals surface area contributed by atoms with E-state index in [1.807, 2.05) is 0 Å². The van der Waals surface area contributed by atoms with Crippen LogP contribution >= 0.6 is 11.3 Å². The number of nitrogens with one attached hydrogen (secondary N) is 2. The van der Waals surface area contributed by atoms with E-state index in [9.17, 15) is 18.0 Å². The van der Waals surface area contributed by atoms with Crippen LogP contribution < -0.4 is 10.0 Å². The van der Waals surface area contributed by atoms with Crippen LogP contribution in [0.4, 0.5) is 5.13 Å². The van der Waals surface area contributed by atoms with Crippen molar-refractivity contribution in [2.75, 3.05) is 11.9 Å². The third-order valence-corrected chi connectivity index (χ3v) is 5.48. The highest BCUT2D eigenvalue weighted by Crippen LogP contribution is 2.23. The minimum atomic E-state index is -3.97.